The molecule has 0 radical (unpaired) electrons. The van der Waals surface area contributed by atoms with Gasteiger partial charge in [-0.15, -0.1) is 0 Å². The Morgan fingerprint density at radius 3 is 2.62 bits per heavy atom. The molecule has 2 nitrogen and oxygen atoms in total. The molecule has 0 unspecified atom stereocenters. The van der Waals surface area contributed by atoms with Crippen LogP contribution in [0, 0.1) is 0 Å². The zero-order chi connectivity index (χ0) is 10.1. The summed E-state index contributed by atoms with van der Waals surface area (Å²) in [6.45, 7) is 7.00. The van der Waals surface area contributed by atoms with Gasteiger partial charge in [0.25, 0.3) is 6.47 Å². The lowest BCUT2D eigenvalue weighted by Gasteiger charge is -2.14. The molecule has 0 saturated heterocycles. The average Bonchev–Trinajstić information content (AvgIpc) is 2.30. The largest absolute Gasteiger partial charge is 0.418 e. The summed E-state index contributed by atoms with van der Waals surface area (Å²) in [5, 5.41) is 1.76. The Hall–Kier alpha value is -0.323. The molecule has 1 heterocycles. The van der Waals surface area contributed by atoms with Gasteiger partial charge in [-0.1, -0.05) is 42.6 Å². The Labute approximate surface area is 87.5 Å². The lowest BCUT2D eigenvalue weighted by Crippen LogP contribution is -2.37. The van der Waals surface area contributed by atoms with Crippen LogP contribution < -0.4 is 9.92 Å². The van der Waals surface area contributed by atoms with Crippen LogP contribution in [0.15, 0.2) is 6.07 Å². The van der Waals surface area contributed by atoms with Crippen LogP contribution in [0.1, 0.15) is 0 Å². The SMILES string of the molecule is C[Si](C)(C)c1cc(Cl)sc1OC=O. The summed E-state index contributed by atoms with van der Waals surface area (Å²) >= 11 is 7.16. The predicted octanol–water partition coefficient (Wildman–Crippen LogP) is 2.48. The maximum atomic E-state index is 10.2. The molecule has 5 heteroatoms. The first-order valence-electron chi connectivity index (χ1n) is 3.85. The summed E-state index contributed by atoms with van der Waals surface area (Å²) in [5.41, 5.74) is 0. The Balaban J connectivity index is 3.11. The van der Waals surface area contributed by atoms with E-state index >= 15 is 0 Å². The zero-order valence-corrected chi connectivity index (χ0v) is 10.3. The van der Waals surface area contributed by atoms with Crippen molar-refractivity contribution < 1.29 is 9.53 Å². The molecule has 0 aromatic carbocycles. The third-order valence-electron chi connectivity index (χ3n) is 1.63. The Morgan fingerprint density at radius 1 is 1.54 bits per heavy atom. The van der Waals surface area contributed by atoms with Crippen molar-refractivity contribution in [3.05, 3.63) is 10.4 Å². The molecule has 0 atom stereocenters. The van der Waals surface area contributed by atoms with Gasteiger partial charge in [-0.05, 0) is 11.3 Å². The summed E-state index contributed by atoms with van der Waals surface area (Å²) < 4.78 is 5.55. The van der Waals surface area contributed by atoms with E-state index in [0.29, 0.717) is 15.9 Å². The molecule has 1 aromatic heterocycles. The normalized spacial score (nSPS) is 11.4. The van der Waals surface area contributed by atoms with Crippen molar-refractivity contribution in [2.45, 2.75) is 19.6 Å². The van der Waals surface area contributed by atoms with Crippen LogP contribution in [0.4, 0.5) is 0 Å². The van der Waals surface area contributed by atoms with Crippen molar-refractivity contribution in [3.8, 4) is 5.06 Å². The summed E-state index contributed by atoms with van der Waals surface area (Å²) in [4.78, 5) is 10.2. The third kappa shape index (κ3) is 2.56. The van der Waals surface area contributed by atoms with Gasteiger partial charge in [-0.3, -0.25) is 4.79 Å². The van der Waals surface area contributed by atoms with Crippen molar-refractivity contribution in [2.24, 2.45) is 0 Å². The minimum atomic E-state index is -1.45. The van der Waals surface area contributed by atoms with E-state index in [9.17, 15) is 4.79 Å². The molecular weight excluding hydrogens is 224 g/mol. The minimum absolute atomic E-state index is 0.450. The number of hydrogen-bond donors (Lipinski definition) is 0. The quantitative estimate of drug-likeness (QED) is 0.594. The van der Waals surface area contributed by atoms with Gasteiger partial charge in [-0.2, -0.15) is 0 Å². The molecule has 0 N–H and O–H groups in total. The van der Waals surface area contributed by atoms with E-state index in [1.807, 2.05) is 6.07 Å². The van der Waals surface area contributed by atoms with E-state index in [2.05, 4.69) is 19.6 Å². The van der Waals surface area contributed by atoms with Gasteiger partial charge in [0.2, 0.25) is 0 Å². The Morgan fingerprint density at radius 2 is 2.15 bits per heavy atom. The van der Waals surface area contributed by atoms with Gasteiger partial charge in [0.15, 0.2) is 5.06 Å². The second-order valence-corrected chi connectivity index (χ2v) is 10.4. The van der Waals surface area contributed by atoms with E-state index in [4.69, 9.17) is 16.3 Å². The monoisotopic (exact) mass is 234 g/mol. The Bertz CT molecular complexity index is 316. The average molecular weight is 235 g/mol. The molecule has 1 rings (SSSR count). The highest BCUT2D eigenvalue weighted by molar-refractivity contribution is 7.20. The minimum Gasteiger partial charge on any atom is -0.418 e. The molecular formula is C8H11ClO2SSi. The third-order valence-corrected chi connectivity index (χ3v) is 4.95. The smallest absolute Gasteiger partial charge is 0.299 e. The summed E-state index contributed by atoms with van der Waals surface area (Å²) in [7, 11) is -1.45. The van der Waals surface area contributed by atoms with Crippen molar-refractivity contribution in [1.82, 2.24) is 0 Å². The summed E-state index contributed by atoms with van der Waals surface area (Å²) in [6, 6.07) is 1.90. The number of rotatable bonds is 3. The van der Waals surface area contributed by atoms with Gasteiger partial charge >= 0.3 is 0 Å². The van der Waals surface area contributed by atoms with Crippen LogP contribution in [0.3, 0.4) is 0 Å². The van der Waals surface area contributed by atoms with Crippen LogP contribution in [-0.4, -0.2) is 14.5 Å². The fourth-order valence-electron chi connectivity index (χ4n) is 0.999. The molecule has 0 aliphatic rings. The van der Waals surface area contributed by atoms with E-state index in [0.717, 1.165) is 5.19 Å². The van der Waals surface area contributed by atoms with Gasteiger partial charge in [0, 0.05) is 0 Å². The molecule has 1 aromatic rings. The zero-order valence-electron chi connectivity index (χ0n) is 7.76. The molecule has 0 fully saturated rings. The lowest BCUT2D eigenvalue weighted by molar-refractivity contribution is -0.120. The second-order valence-electron chi connectivity index (χ2n) is 3.72. The molecule has 13 heavy (non-hydrogen) atoms. The fraction of sp³-hybridized carbons (Fsp3) is 0.375. The van der Waals surface area contributed by atoms with Crippen LogP contribution >= 0.6 is 22.9 Å². The van der Waals surface area contributed by atoms with E-state index in [1.165, 1.54) is 11.3 Å². The van der Waals surface area contributed by atoms with Gasteiger partial charge in [-0.25, -0.2) is 0 Å². The molecule has 72 valence electrons. The maximum absolute atomic E-state index is 10.2. The maximum Gasteiger partial charge on any atom is 0.299 e. The standard InChI is InChI=1S/C8H11ClO2SSi/c1-13(2,3)6-4-7(9)12-8(6)11-5-10/h4-5H,1-3H3. The fourth-order valence-corrected chi connectivity index (χ4v) is 4.45. The van der Waals surface area contributed by atoms with Crippen LogP contribution in [0.25, 0.3) is 0 Å². The number of carbonyl (C=O) groups excluding carboxylic acids is 1. The number of ether oxygens (including phenoxy) is 1. The molecule has 0 bridgehead atoms. The van der Waals surface area contributed by atoms with Crippen molar-refractivity contribution in [1.29, 1.82) is 0 Å². The van der Waals surface area contributed by atoms with E-state index in [1.54, 1.807) is 0 Å². The van der Waals surface area contributed by atoms with E-state index < -0.39 is 8.07 Å². The molecule has 0 amide bonds. The summed E-state index contributed by atoms with van der Waals surface area (Å²) in [6.07, 6.45) is 0. The lowest BCUT2D eigenvalue weighted by atomic mass is 10.6. The molecule has 0 spiro atoms. The van der Waals surface area contributed by atoms with Gasteiger partial charge in [0.05, 0.1) is 12.4 Å². The van der Waals surface area contributed by atoms with Crippen LogP contribution in [-0.2, 0) is 4.79 Å². The highest BCUT2D eigenvalue weighted by atomic mass is 35.5. The molecule has 0 saturated carbocycles. The molecule has 0 aliphatic heterocycles. The highest BCUT2D eigenvalue weighted by Gasteiger charge is 2.23. The van der Waals surface area contributed by atoms with Crippen molar-refractivity contribution in [2.75, 3.05) is 0 Å². The van der Waals surface area contributed by atoms with Crippen molar-refractivity contribution in [3.63, 3.8) is 0 Å². The first-order chi connectivity index (χ1) is 5.95. The number of carbonyl (C=O) groups is 1. The van der Waals surface area contributed by atoms with Gasteiger partial charge < -0.3 is 4.74 Å². The summed E-state index contributed by atoms with van der Waals surface area (Å²) in [5.74, 6) is 0. The van der Waals surface area contributed by atoms with Gasteiger partial charge in [0.1, 0.15) is 0 Å². The van der Waals surface area contributed by atoms with Crippen LogP contribution in [0.2, 0.25) is 24.0 Å². The number of thiophene rings is 1. The predicted molar refractivity (Wildman–Crippen MR) is 59.0 cm³/mol. The first-order valence-corrected chi connectivity index (χ1v) is 8.54. The highest BCUT2D eigenvalue weighted by Crippen LogP contribution is 2.28. The van der Waals surface area contributed by atoms with Crippen LogP contribution in [0.5, 0.6) is 5.06 Å². The Kier molecular flexibility index (Phi) is 3.16. The van der Waals surface area contributed by atoms with Crippen molar-refractivity contribution >= 4 is 42.7 Å². The second kappa shape index (κ2) is 3.82. The first kappa shape index (κ1) is 10.8. The topological polar surface area (TPSA) is 26.3 Å². The molecule has 0 aliphatic carbocycles. The van der Waals surface area contributed by atoms with E-state index in [-0.39, 0.29) is 0 Å². The number of halogens is 1. The number of hydrogen-bond acceptors (Lipinski definition) is 3.